The third-order valence-electron chi connectivity index (χ3n) is 5.81. The maximum Gasteiger partial charge on any atom is 0.305 e. The van der Waals surface area contributed by atoms with Crippen LogP contribution in [0.15, 0.2) is 0 Å². The quantitative estimate of drug-likeness (QED) is 0.0927. The average Bonchev–Trinajstić information content (AvgIpc) is 2.67. The lowest BCUT2D eigenvalue weighted by Gasteiger charge is -2.30. The van der Waals surface area contributed by atoms with Crippen molar-refractivity contribution in [3.63, 3.8) is 0 Å². The van der Waals surface area contributed by atoms with Gasteiger partial charge in [-0.1, -0.05) is 84.0 Å². The van der Waals surface area contributed by atoms with E-state index >= 15 is 0 Å². The predicted octanol–water partition coefficient (Wildman–Crippen LogP) is 5.41. The number of rotatable bonds is 22. The van der Waals surface area contributed by atoms with Crippen LogP contribution in [0.5, 0.6) is 0 Å². The molecule has 0 saturated carbocycles. The van der Waals surface area contributed by atoms with Crippen molar-refractivity contribution >= 4 is 16.1 Å². The SMILES string of the molecule is CCCCCCCCCCCCCCCC(=O)OCCC[N+](C)(C)CCCS(=O)(=O)[O-]. The summed E-state index contributed by atoms with van der Waals surface area (Å²) >= 11 is 0. The Hall–Kier alpha value is -0.660. The van der Waals surface area contributed by atoms with Crippen LogP contribution in [0.25, 0.3) is 0 Å². The van der Waals surface area contributed by atoms with Crippen LogP contribution in [0.2, 0.25) is 0 Å². The van der Waals surface area contributed by atoms with Gasteiger partial charge < -0.3 is 13.8 Å². The minimum atomic E-state index is -4.14. The number of nitrogens with zero attached hydrogens (tertiary/aromatic N) is 1. The molecule has 0 bridgehead atoms. The van der Waals surface area contributed by atoms with E-state index in [0.717, 1.165) is 25.8 Å². The van der Waals surface area contributed by atoms with Gasteiger partial charge in [0.05, 0.1) is 43.9 Å². The van der Waals surface area contributed by atoms with E-state index in [4.69, 9.17) is 4.74 Å². The van der Waals surface area contributed by atoms with E-state index in [9.17, 15) is 17.8 Å². The van der Waals surface area contributed by atoms with Crippen LogP contribution in [-0.2, 0) is 19.6 Å². The Labute approximate surface area is 192 Å². The van der Waals surface area contributed by atoms with Crippen molar-refractivity contribution in [1.29, 1.82) is 0 Å². The molecule has 0 aromatic heterocycles. The summed E-state index contributed by atoms with van der Waals surface area (Å²) in [5.74, 6) is -0.436. The lowest BCUT2D eigenvalue weighted by atomic mass is 10.0. The zero-order valence-electron chi connectivity index (χ0n) is 20.5. The largest absolute Gasteiger partial charge is 0.748 e. The Bertz CT molecular complexity index is 534. The molecule has 0 fully saturated rings. The molecule has 0 amide bonds. The van der Waals surface area contributed by atoms with Gasteiger partial charge in [-0.15, -0.1) is 0 Å². The molecule has 7 heteroatoms. The highest BCUT2D eigenvalue weighted by atomic mass is 32.2. The molecule has 0 atom stereocenters. The van der Waals surface area contributed by atoms with Gasteiger partial charge in [0.15, 0.2) is 0 Å². The predicted molar refractivity (Wildman–Crippen MR) is 127 cm³/mol. The molecule has 31 heavy (non-hydrogen) atoms. The zero-order valence-corrected chi connectivity index (χ0v) is 21.4. The van der Waals surface area contributed by atoms with Gasteiger partial charge in [-0.3, -0.25) is 4.79 Å². The molecule has 0 aromatic carbocycles. The molecule has 0 saturated heterocycles. The van der Waals surface area contributed by atoms with Crippen molar-refractivity contribution in [1.82, 2.24) is 0 Å². The molecule has 0 spiro atoms. The smallest absolute Gasteiger partial charge is 0.305 e. The average molecular weight is 464 g/mol. The first-order chi connectivity index (χ1) is 14.7. The summed E-state index contributed by atoms with van der Waals surface area (Å²) in [6.45, 7) is 4.06. The molecule has 0 N–H and O–H groups in total. The molecular weight excluding hydrogens is 414 g/mol. The fraction of sp³-hybridized carbons (Fsp3) is 0.958. The summed E-state index contributed by atoms with van der Waals surface area (Å²) in [5.41, 5.74) is 0. The van der Waals surface area contributed by atoms with Gasteiger partial charge in [0, 0.05) is 25.0 Å². The Morgan fingerprint density at radius 2 is 1.19 bits per heavy atom. The number of carbonyl (C=O) groups is 1. The number of quaternary nitrogens is 1. The second-order valence-electron chi connectivity index (χ2n) is 9.56. The van der Waals surface area contributed by atoms with Crippen LogP contribution in [-0.4, -0.2) is 63.0 Å². The number of esters is 1. The van der Waals surface area contributed by atoms with Crippen molar-refractivity contribution < 1.29 is 27.0 Å². The third-order valence-corrected chi connectivity index (χ3v) is 6.60. The monoisotopic (exact) mass is 463 g/mol. The van der Waals surface area contributed by atoms with Crippen LogP contribution in [0.3, 0.4) is 0 Å². The van der Waals surface area contributed by atoms with Crippen molar-refractivity contribution in [3.8, 4) is 0 Å². The molecule has 0 heterocycles. The molecule has 0 radical (unpaired) electrons. The Balaban J connectivity index is 3.45. The lowest BCUT2D eigenvalue weighted by molar-refractivity contribution is -0.890. The van der Waals surface area contributed by atoms with Gasteiger partial charge in [0.1, 0.15) is 0 Å². The van der Waals surface area contributed by atoms with Crippen molar-refractivity contribution in [2.45, 2.75) is 110 Å². The zero-order chi connectivity index (χ0) is 23.4. The fourth-order valence-corrected chi connectivity index (χ4v) is 4.30. The Morgan fingerprint density at radius 1 is 0.742 bits per heavy atom. The second kappa shape index (κ2) is 18.9. The van der Waals surface area contributed by atoms with Crippen molar-refractivity contribution in [3.05, 3.63) is 0 Å². The highest BCUT2D eigenvalue weighted by Crippen LogP contribution is 2.13. The number of hydrogen-bond donors (Lipinski definition) is 0. The minimum absolute atomic E-state index is 0.120. The van der Waals surface area contributed by atoms with E-state index in [1.165, 1.54) is 70.6 Å². The van der Waals surface area contributed by atoms with E-state index in [0.29, 0.717) is 30.5 Å². The van der Waals surface area contributed by atoms with Crippen LogP contribution in [0.4, 0.5) is 0 Å². The highest BCUT2D eigenvalue weighted by Gasteiger charge is 2.15. The number of carbonyl (C=O) groups excluding carboxylic acids is 1. The summed E-state index contributed by atoms with van der Waals surface area (Å²) in [6, 6.07) is 0. The summed E-state index contributed by atoms with van der Waals surface area (Å²) in [7, 11) is -0.151. The first-order valence-electron chi connectivity index (χ1n) is 12.6. The van der Waals surface area contributed by atoms with Gasteiger partial charge >= 0.3 is 5.97 Å². The van der Waals surface area contributed by atoms with Gasteiger partial charge in [0.25, 0.3) is 0 Å². The standard InChI is InChI=1S/C24H49NO5S/c1-4-5-6-7-8-9-10-11-12-13-14-15-16-19-24(26)30-22-17-20-25(2,3)21-18-23-31(27,28)29/h4-23H2,1-3H3. The molecule has 0 rings (SSSR count). The Kier molecular flexibility index (Phi) is 18.5. The first kappa shape index (κ1) is 30.3. The van der Waals surface area contributed by atoms with Gasteiger partial charge in [-0.25, -0.2) is 8.42 Å². The topological polar surface area (TPSA) is 83.5 Å². The van der Waals surface area contributed by atoms with Gasteiger partial charge in [-0.2, -0.15) is 0 Å². The maximum absolute atomic E-state index is 11.8. The van der Waals surface area contributed by atoms with Crippen LogP contribution < -0.4 is 0 Å². The van der Waals surface area contributed by atoms with E-state index in [1.807, 2.05) is 14.1 Å². The third kappa shape index (κ3) is 23.8. The summed E-state index contributed by atoms with van der Waals surface area (Å²) in [5, 5.41) is 0. The molecule has 6 nitrogen and oxygen atoms in total. The summed E-state index contributed by atoms with van der Waals surface area (Å²) in [4.78, 5) is 11.8. The van der Waals surface area contributed by atoms with Crippen LogP contribution >= 0.6 is 0 Å². The molecule has 0 aliphatic rings. The van der Waals surface area contributed by atoms with Crippen molar-refractivity contribution in [2.24, 2.45) is 0 Å². The fourth-order valence-electron chi connectivity index (χ4n) is 3.82. The normalized spacial score (nSPS) is 12.3. The minimum Gasteiger partial charge on any atom is -0.748 e. The van der Waals surface area contributed by atoms with Gasteiger partial charge in [0.2, 0.25) is 0 Å². The first-order valence-corrected chi connectivity index (χ1v) is 14.2. The summed E-state index contributed by atoms with van der Waals surface area (Å²) in [6.07, 6.45) is 18.4. The van der Waals surface area contributed by atoms with Crippen molar-refractivity contribution in [2.75, 3.05) is 39.5 Å². The highest BCUT2D eigenvalue weighted by molar-refractivity contribution is 7.85. The molecule has 0 aliphatic heterocycles. The van der Waals surface area contributed by atoms with Gasteiger partial charge in [-0.05, 0) is 6.42 Å². The number of hydrogen-bond acceptors (Lipinski definition) is 5. The van der Waals surface area contributed by atoms with E-state index in [-0.39, 0.29) is 11.7 Å². The number of unbranched alkanes of at least 4 members (excludes halogenated alkanes) is 12. The lowest BCUT2D eigenvalue weighted by Crippen LogP contribution is -2.42. The molecular formula is C24H49NO5S. The Morgan fingerprint density at radius 3 is 1.68 bits per heavy atom. The molecule has 0 aromatic rings. The van der Waals surface area contributed by atoms with E-state index in [2.05, 4.69) is 6.92 Å². The van der Waals surface area contributed by atoms with E-state index in [1.54, 1.807) is 0 Å². The molecule has 186 valence electrons. The molecule has 0 unspecified atom stereocenters. The van der Waals surface area contributed by atoms with Crippen LogP contribution in [0, 0.1) is 0 Å². The number of ether oxygens (including phenoxy) is 1. The van der Waals surface area contributed by atoms with E-state index < -0.39 is 10.1 Å². The van der Waals surface area contributed by atoms with Crippen LogP contribution in [0.1, 0.15) is 110 Å². The maximum atomic E-state index is 11.8. The second-order valence-corrected chi connectivity index (χ2v) is 11.1. The molecule has 0 aliphatic carbocycles. The summed E-state index contributed by atoms with van der Waals surface area (Å²) < 4.78 is 37.9.